The molecule has 1 atom stereocenters. The number of rotatable bonds is 4. The molecule has 0 fully saturated rings. The van der Waals surface area contributed by atoms with E-state index >= 15 is 0 Å². The van der Waals surface area contributed by atoms with Gasteiger partial charge in [0.05, 0.1) is 0 Å². The summed E-state index contributed by atoms with van der Waals surface area (Å²) in [5, 5.41) is 7.72. The van der Waals surface area contributed by atoms with E-state index in [1.807, 2.05) is 6.92 Å². The van der Waals surface area contributed by atoms with Gasteiger partial charge in [0.1, 0.15) is 0 Å². The molecule has 0 aliphatic heterocycles. The molecule has 0 saturated carbocycles. The SMILES string of the molecule is CC#CCC(NCC)c1ccsc1. The standard InChI is InChI=1S/C11H15NS/c1-3-5-6-11(12-4-2)10-7-8-13-9-10/h7-9,11-12H,4,6H2,1-2H3. The van der Waals surface area contributed by atoms with Crippen LogP contribution in [0.25, 0.3) is 0 Å². The van der Waals surface area contributed by atoms with E-state index in [9.17, 15) is 0 Å². The molecule has 0 aromatic carbocycles. The predicted molar refractivity (Wildman–Crippen MR) is 58.8 cm³/mol. The van der Waals surface area contributed by atoms with Gasteiger partial charge in [-0.2, -0.15) is 11.3 Å². The summed E-state index contributed by atoms with van der Waals surface area (Å²) in [4.78, 5) is 0. The van der Waals surface area contributed by atoms with Gasteiger partial charge in [0, 0.05) is 12.5 Å². The summed E-state index contributed by atoms with van der Waals surface area (Å²) in [7, 11) is 0. The molecule has 0 aliphatic carbocycles. The summed E-state index contributed by atoms with van der Waals surface area (Å²) in [6, 6.07) is 2.57. The van der Waals surface area contributed by atoms with E-state index in [2.05, 4.69) is 40.9 Å². The van der Waals surface area contributed by atoms with Crippen molar-refractivity contribution in [1.82, 2.24) is 5.32 Å². The fourth-order valence-electron chi connectivity index (χ4n) is 1.23. The van der Waals surface area contributed by atoms with Crippen LogP contribution >= 0.6 is 11.3 Å². The topological polar surface area (TPSA) is 12.0 Å². The maximum absolute atomic E-state index is 3.42. The van der Waals surface area contributed by atoms with Crippen LogP contribution in [0.15, 0.2) is 16.8 Å². The van der Waals surface area contributed by atoms with Crippen molar-refractivity contribution in [3.8, 4) is 11.8 Å². The Labute approximate surface area is 84.2 Å². The van der Waals surface area contributed by atoms with Gasteiger partial charge in [-0.25, -0.2) is 0 Å². The van der Waals surface area contributed by atoms with Gasteiger partial charge in [0.2, 0.25) is 0 Å². The molecule has 0 amide bonds. The molecule has 1 N–H and O–H groups in total. The Hall–Kier alpha value is -0.780. The molecule has 0 spiro atoms. The van der Waals surface area contributed by atoms with Crippen molar-refractivity contribution in [2.75, 3.05) is 6.54 Å². The van der Waals surface area contributed by atoms with Crippen LogP contribution in [-0.2, 0) is 0 Å². The summed E-state index contributed by atoms with van der Waals surface area (Å²) in [5.74, 6) is 6.05. The fourth-order valence-corrected chi connectivity index (χ4v) is 1.95. The maximum atomic E-state index is 3.42. The van der Waals surface area contributed by atoms with Crippen LogP contribution in [0.1, 0.15) is 31.9 Å². The van der Waals surface area contributed by atoms with Crippen molar-refractivity contribution < 1.29 is 0 Å². The molecule has 1 aromatic heterocycles. The zero-order valence-electron chi connectivity index (χ0n) is 8.13. The second-order valence-electron chi connectivity index (χ2n) is 2.80. The quantitative estimate of drug-likeness (QED) is 0.725. The molecule has 13 heavy (non-hydrogen) atoms. The summed E-state index contributed by atoms with van der Waals surface area (Å²) < 4.78 is 0. The second kappa shape index (κ2) is 5.80. The van der Waals surface area contributed by atoms with E-state index in [1.54, 1.807) is 11.3 Å². The summed E-state index contributed by atoms with van der Waals surface area (Å²) >= 11 is 1.74. The third-order valence-electron chi connectivity index (χ3n) is 1.88. The van der Waals surface area contributed by atoms with E-state index in [0.29, 0.717) is 6.04 Å². The number of hydrogen-bond donors (Lipinski definition) is 1. The first-order valence-electron chi connectivity index (χ1n) is 4.53. The second-order valence-corrected chi connectivity index (χ2v) is 3.58. The van der Waals surface area contributed by atoms with Crippen molar-refractivity contribution in [1.29, 1.82) is 0 Å². The van der Waals surface area contributed by atoms with Crippen LogP contribution in [0.5, 0.6) is 0 Å². The molecular formula is C11H15NS. The molecule has 1 aromatic rings. The van der Waals surface area contributed by atoms with Crippen LogP contribution in [0, 0.1) is 11.8 Å². The highest BCUT2D eigenvalue weighted by molar-refractivity contribution is 7.07. The van der Waals surface area contributed by atoms with Gasteiger partial charge >= 0.3 is 0 Å². The minimum absolute atomic E-state index is 0.406. The molecule has 70 valence electrons. The molecule has 0 bridgehead atoms. The smallest absolute Gasteiger partial charge is 0.0439 e. The van der Waals surface area contributed by atoms with Gasteiger partial charge in [-0.1, -0.05) is 6.92 Å². The zero-order valence-corrected chi connectivity index (χ0v) is 8.95. The van der Waals surface area contributed by atoms with Crippen molar-refractivity contribution in [3.05, 3.63) is 22.4 Å². The minimum Gasteiger partial charge on any atom is -0.309 e. The summed E-state index contributed by atoms with van der Waals surface area (Å²) in [6.45, 7) is 5.00. The molecule has 1 unspecified atom stereocenters. The highest BCUT2D eigenvalue weighted by Crippen LogP contribution is 2.18. The Bertz CT molecular complexity index is 279. The average molecular weight is 193 g/mol. The van der Waals surface area contributed by atoms with Crippen molar-refractivity contribution in [2.45, 2.75) is 26.3 Å². The van der Waals surface area contributed by atoms with Gasteiger partial charge in [-0.15, -0.1) is 11.8 Å². The number of hydrogen-bond acceptors (Lipinski definition) is 2. The average Bonchev–Trinajstić information content (AvgIpc) is 2.65. The van der Waals surface area contributed by atoms with E-state index in [4.69, 9.17) is 0 Å². The van der Waals surface area contributed by atoms with Crippen LogP contribution < -0.4 is 5.32 Å². The molecule has 2 heteroatoms. The zero-order chi connectivity index (χ0) is 9.52. The first kappa shape index (κ1) is 10.3. The van der Waals surface area contributed by atoms with Crippen LogP contribution in [-0.4, -0.2) is 6.54 Å². The predicted octanol–water partition coefficient (Wildman–Crippen LogP) is 2.81. The van der Waals surface area contributed by atoms with Gasteiger partial charge in [-0.05, 0) is 35.9 Å². The van der Waals surface area contributed by atoms with Gasteiger partial charge in [0.15, 0.2) is 0 Å². The Morgan fingerprint density at radius 1 is 1.62 bits per heavy atom. The molecule has 1 heterocycles. The first-order chi connectivity index (χ1) is 6.38. The number of nitrogens with one attached hydrogen (secondary N) is 1. The minimum atomic E-state index is 0.406. The Morgan fingerprint density at radius 2 is 2.46 bits per heavy atom. The lowest BCUT2D eigenvalue weighted by Gasteiger charge is -2.13. The van der Waals surface area contributed by atoms with Crippen molar-refractivity contribution in [2.24, 2.45) is 0 Å². The Morgan fingerprint density at radius 3 is 3.00 bits per heavy atom. The van der Waals surface area contributed by atoms with E-state index in [0.717, 1.165) is 13.0 Å². The highest BCUT2D eigenvalue weighted by atomic mass is 32.1. The van der Waals surface area contributed by atoms with Gasteiger partial charge in [0.25, 0.3) is 0 Å². The van der Waals surface area contributed by atoms with Crippen LogP contribution in [0.3, 0.4) is 0 Å². The summed E-state index contributed by atoms with van der Waals surface area (Å²) in [5.41, 5.74) is 1.36. The molecular weight excluding hydrogens is 178 g/mol. The van der Waals surface area contributed by atoms with E-state index in [-0.39, 0.29) is 0 Å². The summed E-state index contributed by atoms with van der Waals surface area (Å²) in [6.07, 6.45) is 0.904. The molecule has 1 nitrogen and oxygen atoms in total. The number of thiophene rings is 1. The largest absolute Gasteiger partial charge is 0.309 e. The maximum Gasteiger partial charge on any atom is 0.0439 e. The Kier molecular flexibility index (Phi) is 4.59. The highest BCUT2D eigenvalue weighted by Gasteiger charge is 2.07. The lowest BCUT2D eigenvalue weighted by atomic mass is 10.1. The van der Waals surface area contributed by atoms with Crippen molar-refractivity contribution >= 4 is 11.3 Å². The fraction of sp³-hybridized carbons (Fsp3) is 0.455. The molecule has 0 radical (unpaired) electrons. The Balaban J connectivity index is 2.60. The molecule has 1 rings (SSSR count). The first-order valence-corrected chi connectivity index (χ1v) is 5.47. The van der Waals surface area contributed by atoms with E-state index < -0.39 is 0 Å². The van der Waals surface area contributed by atoms with E-state index in [1.165, 1.54) is 5.56 Å². The lowest BCUT2D eigenvalue weighted by molar-refractivity contribution is 0.567. The third-order valence-corrected chi connectivity index (χ3v) is 2.58. The van der Waals surface area contributed by atoms with Gasteiger partial charge < -0.3 is 5.32 Å². The van der Waals surface area contributed by atoms with Crippen LogP contribution in [0.4, 0.5) is 0 Å². The van der Waals surface area contributed by atoms with Crippen molar-refractivity contribution in [3.63, 3.8) is 0 Å². The molecule has 0 saturated heterocycles. The van der Waals surface area contributed by atoms with Gasteiger partial charge in [-0.3, -0.25) is 0 Å². The lowest BCUT2D eigenvalue weighted by Crippen LogP contribution is -2.19. The normalized spacial score (nSPS) is 11.8. The third kappa shape index (κ3) is 3.22. The van der Waals surface area contributed by atoms with Crippen LogP contribution in [0.2, 0.25) is 0 Å². The molecule has 0 aliphatic rings. The monoisotopic (exact) mass is 193 g/mol.